The van der Waals surface area contributed by atoms with E-state index in [2.05, 4.69) is 17.6 Å². The Labute approximate surface area is 186 Å². The molecule has 0 atom stereocenters. The Balaban J connectivity index is 1.74. The summed E-state index contributed by atoms with van der Waals surface area (Å²) in [6.07, 6.45) is 5.84. The number of hydrogen-bond donors (Lipinski definition) is 2. The molecule has 6 heteroatoms. The molecule has 0 aliphatic carbocycles. The van der Waals surface area contributed by atoms with Crippen LogP contribution in [-0.2, 0) is 16.0 Å². The molecule has 2 aromatic rings. The summed E-state index contributed by atoms with van der Waals surface area (Å²) in [4.78, 5) is 25.6. The summed E-state index contributed by atoms with van der Waals surface area (Å²) in [5.74, 6) is 0.760. The number of unbranched alkanes of at least 4 members (excludes halogenated alkanes) is 3. The molecule has 0 spiro atoms. The molecule has 0 aromatic heterocycles. The molecule has 2 aromatic carbocycles. The summed E-state index contributed by atoms with van der Waals surface area (Å²) < 4.78 is 5.77. The van der Waals surface area contributed by atoms with Gasteiger partial charge in [-0.3, -0.25) is 9.59 Å². The first-order valence-electron chi connectivity index (χ1n) is 11.0. The van der Waals surface area contributed by atoms with Gasteiger partial charge in [-0.15, -0.1) is 0 Å². The fourth-order valence-electron chi connectivity index (χ4n) is 3.03. The maximum absolute atomic E-state index is 12.3. The Kier molecular flexibility index (Phi) is 10.4. The zero-order valence-corrected chi connectivity index (χ0v) is 18.9. The van der Waals surface area contributed by atoms with Crippen LogP contribution in [0.15, 0.2) is 48.5 Å². The third-order valence-corrected chi connectivity index (χ3v) is 4.92. The molecule has 168 valence electrons. The van der Waals surface area contributed by atoms with Crippen molar-refractivity contribution >= 4 is 23.2 Å². The van der Waals surface area contributed by atoms with Gasteiger partial charge >= 0.3 is 0 Å². The van der Waals surface area contributed by atoms with E-state index in [9.17, 15) is 9.59 Å². The van der Waals surface area contributed by atoms with E-state index in [1.54, 1.807) is 19.0 Å². The third-order valence-electron chi connectivity index (χ3n) is 4.92. The molecular formula is C25H35N3O3. The molecule has 0 radical (unpaired) electrons. The maximum Gasteiger partial charge on any atom is 0.243 e. The molecule has 0 heterocycles. The smallest absolute Gasteiger partial charge is 0.243 e. The van der Waals surface area contributed by atoms with Gasteiger partial charge in [0.2, 0.25) is 11.8 Å². The number of anilines is 2. The van der Waals surface area contributed by atoms with Gasteiger partial charge in [0.25, 0.3) is 0 Å². The Morgan fingerprint density at radius 1 is 0.968 bits per heavy atom. The van der Waals surface area contributed by atoms with Gasteiger partial charge in [0, 0.05) is 38.0 Å². The van der Waals surface area contributed by atoms with Crippen LogP contribution >= 0.6 is 0 Å². The van der Waals surface area contributed by atoms with Gasteiger partial charge < -0.3 is 20.3 Å². The standard InChI is InChI=1S/C25H35N3O3/c1-4-5-6-7-17-31-23-10-8-9-22(18-23)27-24(29)19-26-21-14-11-20(12-15-21)13-16-25(30)28(2)3/h8-12,14-15,18,26H,4-7,13,16-17,19H2,1-3H3,(H,27,29). The SMILES string of the molecule is CCCCCCOc1cccc(NC(=O)CNc2ccc(CCC(=O)N(C)C)cc2)c1. The Hall–Kier alpha value is -3.02. The minimum absolute atomic E-state index is 0.116. The lowest BCUT2D eigenvalue weighted by atomic mass is 10.1. The molecule has 2 rings (SSSR count). The summed E-state index contributed by atoms with van der Waals surface area (Å²) in [6.45, 7) is 3.05. The fourth-order valence-corrected chi connectivity index (χ4v) is 3.03. The van der Waals surface area contributed by atoms with E-state index in [1.165, 1.54) is 19.3 Å². The van der Waals surface area contributed by atoms with Crippen molar-refractivity contribution < 1.29 is 14.3 Å². The number of nitrogens with one attached hydrogen (secondary N) is 2. The number of carbonyl (C=O) groups excluding carboxylic acids is 2. The number of ether oxygens (including phenoxy) is 1. The van der Waals surface area contributed by atoms with Gasteiger partial charge in [0.05, 0.1) is 13.2 Å². The number of benzene rings is 2. The molecule has 0 fully saturated rings. The zero-order chi connectivity index (χ0) is 22.5. The van der Waals surface area contributed by atoms with Crippen molar-refractivity contribution in [1.82, 2.24) is 4.90 Å². The lowest BCUT2D eigenvalue weighted by Crippen LogP contribution is -2.22. The highest BCUT2D eigenvalue weighted by atomic mass is 16.5. The van der Waals surface area contributed by atoms with Crippen LogP contribution in [0.4, 0.5) is 11.4 Å². The molecule has 31 heavy (non-hydrogen) atoms. The van der Waals surface area contributed by atoms with Crippen LogP contribution in [0.2, 0.25) is 0 Å². The molecule has 0 aliphatic heterocycles. The molecule has 6 nitrogen and oxygen atoms in total. The number of amides is 2. The second-order valence-corrected chi connectivity index (χ2v) is 7.82. The summed E-state index contributed by atoms with van der Waals surface area (Å²) >= 11 is 0. The summed E-state index contributed by atoms with van der Waals surface area (Å²) in [5, 5.41) is 6.02. The predicted molar refractivity (Wildman–Crippen MR) is 127 cm³/mol. The summed E-state index contributed by atoms with van der Waals surface area (Å²) in [7, 11) is 3.52. The van der Waals surface area contributed by atoms with Crippen molar-refractivity contribution in [2.75, 3.05) is 37.9 Å². The third kappa shape index (κ3) is 9.55. The summed E-state index contributed by atoms with van der Waals surface area (Å²) in [5.41, 5.74) is 2.68. The quantitative estimate of drug-likeness (QED) is 0.456. The minimum atomic E-state index is -0.124. The number of carbonyl (C=O) groups is 2. The van der Waals surface area contributed by atoms with Crippen LogP contribution < -0.4 is 15.4 Å². The van der Waals surface area contributed by atoms with Crippen molar-refractivity contribution in [2.45, 2.75) is 45.4 Å². The van der Waals surface area contributed by atoms with Crippen LogP contribution in [-0.4, -0.2) is 44.0 Å². The second kappa shape index (κ2) is 13.3. The molecule has 2 amide bonds. The maximum atomic E-state index is 12.3. The van der Waals surface area contributed by atoms with Crippen molar-refractivity contribution in [3.63, 3.8) is 0 Å². The normalized spacial score (nSPS) is 10.4. The van der Waals surface area contributed by atoms with Crippen LogP contribution in [0.1, 0.15) is 44.6 Å². The van der Waals surface area contributed by atoms with E-state index in [4.69, 9.17) is 4.74 Å². The first kappa shape index (κ1) is 24.3. The van der Waals surface area contributed by atoms with E-state index in [1.807, 2.05) is 48.5 Å². The molecule has 0 saturated carbocycles. The number of aryl methyl sites for hydroxylation is 1. The first-order valence-corrected chi connectivity index (χ1v) is 11.0. The number of rotatable bonds is 13. The highest BCUT2D eigenvalue weighted by molar-refractivity contribution is 5.93. The Bertz CT molecular complexity index is 819. The predicted octanol–water partition coefficient (Wildman–Crippen LogP) is 4.72. The lowest BCUT2D eigenvalue weighted by Gasteiger charge is -2.11. The van der Waals surface area contributed by atoms with Gasteiger partial charge in [-0.2, -0.15) is 0 Å². The lowest BCUT2D eigenvalue weighted by molar-refractivity contribution is -0.128. The van der Waals surface area contributed by atoms with Crippen molar-refractivity contribution in [2.24, 2.45) is 0 Å². The van der Waals surface area contributed by atoms with Crippen LogP contribution in [0.25, 0.3) is 0 Å². The van der Waals surface area contributed by atoms with Crippen molar-refractivity contribution in [3.8, 4) is 5.75 Å². The van der Waals surface area contributed by atoms with Crippen LogP contribution in [0.3, 0.4) is 0 Å². The van der Waals surface area contributed by atoms with E-state index in [-0.39, 0.29) is 18.4 Å². The van der Waals surface area contributed by atoms with Crippen LogP contribution in [0.5, 0.6) is 5.75 Å². The Morgan fingerprint density at radius 2 is 1.74 bits per heavy atom. The molecule has 0 bridgehead atoms. The molecule has 0 saturated heterocycles. The average Bonchev–Trinajstić information content (AvgIpc) is 2.77. The van der Waals surface area contributed by atoms with Gasteiger partial charge in [-0.25, -0.2) is 0 Å². The van der Waals surface area contributed by atoms with Crippen molar-refractivity contribution in [1.29, 1.82) is 0 Å². The average molecular weight is 426 g/mol. The number of hydrogen-bond acceptors (Lipinski definition) is 4. The molecule has 2 N–H and O–H groups in total. The van der Waals surface area contributed by atoms with Gasteiger partial charge in [0.1, 0.15) is 5.75 Å². The van der Waals surface area contributed by atoms with Crippen LogP contribution in [0, 0.1) is 0 Å². The highest BCUT2D eigenvalue weighted by Gasteiger charge is 2.06. The highest BCUT2D eigenvalue weighted by Crippen LogP contribution is 2.18. The van der Waals surface area contributed by atoms with E-state index in [0.29, 0.717) is 19.4 Å². The number of nitrogens with zero attached hydrogens (tertiary/aromatic N) is 1. The zero-order valence-electron chi connectivity index (χ0n) is 18.9. The molecule has 0 aliphatic rings. The monoisotopic (exact) mass is 425 g/mol. The topological polar surface area (TPSA) is 70.7 Å². The van der Waals surface area contributed by atoms with E-state index < -0.39 is 0 Å². The van der Waals surface area contributed by atoms with E-state index >= 15 is 0 Å². The fraction of sp³-hybridized carbons (Fsp3) is 0.440. The second-order valence-electron chi connectivity index (χ2n) is 7.82. The Morgan fingerprint density at radius 3 is 2.45 bits per heavy atom. The molecule has 0 unspecified atom stereocenters. The first-order chi connectivity index (χ1) is 15.0. The molecular weight excluding hydrogens is 390 g/mol. The minimum Gasteiger partial charge on any atom is -0.494 e. The summed E-state index contributed by atoms with van der Waals surface area (Å²) in [6, 6.07) is 15.3. The largest absolute Gasteiger partial charge is 0.494 e. The van der Waals surface area contributed by atoms with E-state index in [0.717, 1.165) is 29.1 Å². The van der Waals surface area contributed by atoms with Crippen molar-refractivity contribution in [3.05, 3.63) is 54.1 Å². The van der Waals surface area contributed by atoms with Gasteiger partial charge in [0.15, 0.2) is 0 Å². The van der Waals surface area contributed by atoms with Gasteiger partial charge in [-0.05, 0) is 42.7 Å². The van der Waals surface area contributed by atoms with Gasteiger partial charge in [-0.1, -0.05) is 44.4 Å².